The summed E-state index contributed by atoms with van der Waals surface area (Å²) in [5, 5.41) is 2.93. The third-order valence-electron chi connectivity index (χ3n) is 4.08. The Morgan fingerprint density at radius 2 is 2.26 bits per heavy atom. The molecule has 1 aromatic carbocycles. The molecular formula is C18H27FN2O2. The fourth-order valence-electron chi connectivity index (χ4n) is 2.83. The first-order valence-corrected chi connectivity index (χ1v) is 8.58. The fourth-order valence-corrected chi connectivity index (χ4v) is 2.83. The number of nitrogens with zero attached hydrogens (tertiary/aromatic N) is 1. The maximum absolute atomic E-state index is 13.5. The van der Waals surface area contributed by atoms with Gasteiger partial charge < -0.3 is 15.0 Å². The molecule has 0 radical (unpaired) electrons. The molecule has 2 rings (SSSR count). The molecule has 1 aliphatic heterocycles. The molecule has 1 heterocycles. The molecule has 0 bridgehead atoms. The Morgan fingerprint density at radius 1 is 1.43 bits per heavy atom. The van der Waals surface area contributed by atoms with Crippen molar-refractivity contribution >= 4 is 6.03 Å². The van der Waals surface area contributed by atoms with Gasteiger partial charge in [0.1, 0.15) is 5.82 Å². The molecule has 1 saturated heterocycles. The fraction of sp³-hybridized carbons (Fsp3) is 0.611. The van der Waals surface area contributed by atoms with E-state index in [4.69, 9.17) is 4.74 Å². The summed E-state index contributed by atoms with van der Waals surface area (Å²) in [4.78, 5) is 14.0. The summed E-state index contributed by atoms with van der Waals surface area (Å²) in [6.07, 6.45) is 4.53. The number of hydrogen-bond acceptors (Lipinski definition) is 2. The molecule has 2 amide bonds. The minimum absolute atomic E-state index is 0.0386. The number of carbonyl (C=O) groups excluding carboxylic acids is 1. The van der Waals surface area contributed by atoms with Crippen LogP contribution < -0.4 is 5.32 Å². The predicted molar refractivity (Wildman–Crippen MR) is 89.0 cm³/mol. The van der Waals surface area contributed by atoms with Crippen LogP contribution in [0.25, 0.3) is 0 Å². The van der Waals surface area contributed by atoms with E-state index in [1.807, 2.05) is 11.0 Å². The van der Waals surface area contributed by atoms with E-state index in [1.54, 1.807) is 12.1 Å². The van der Waals surface area contributed by atoms with Crippen molar-refractivity contribution < 1.29 is 13.9 Å². The molecular weight excluding hydrogens is 295 g/mol. The van der Waals surface area contributed by atoms with Crippen molar-refractivity contribution in [2.24, 2.45) is 0 Å². The number of aryl methyl sites for hydroxylation is 1. The number of piperidine rings is 1. The van der Waals surface area contributed by atoms with Crippen molar-refractivity contribution in [1.82, 2.24) is 10.2 Å². The summed E-state index contributed by atoms with van der Waals surface area (Å²) >= 11 is 0. The molecule has 1 fully saturated rings. The van der Waals surface area contributed by atoms with Gasteiger partial charge in [0.2, 0.25) is 0 Å². The highest BCUT2D eigenvalue weighted by atomic mass is 19.1. The smallest absolute Gasteiger partial charge is 0.317 e. The van der Waals surface area contributed by atoms with Crippen molar-refractivity contribution in [1.29, 1.82) is 0 Å². The number of rotatable bonds is 7. The van der Waals surface area contributed by atoms with Crippen LogP contribution in [0.3, 0.4) is 0 Å². The average Bonchev–Trinajstić information content (AvgIpc) is 2.58. The van der Waals surface area contributed by atoms with Crippen LogP contribution in [-0.4, -0.2) is 43.3 Å². The third-order valence-corrected chi connectivity index (χ3v) is 4.08. The monoisotopic (exact) mass is 322 g/mol. The second-order valence-electron chi connectivity index (χ2n) is 6.01. The van der Waals surface area contributed by atoms with E-state index in [-0.39, 0.29) is 18.0 Å². The van der Waals surface area contributed by atoms with E-state index in [0.717, 1.165) is 38.8 Å². The van der Waals surface area contributed by atoms with Gasteiger partial charge in [0.15, 0.2) is 0 Å². The molecule has 0 aliphatic carbocycles. The summed E-state index contributed by atoms with van der Waals surface area (Å²) in [7, 11) is 0. The number of carbonyl (C=O) groups is 1. The third kappa shape index (κ3) is 5.82. The Labute approximate surface area is 138 Å². The standard InChI is InChI=1S/C18H27FN2O2/c1-2-13-23-16-9-6-12-21(14-16)18(22)20-11-5-8-15-7-3-4-10-17(15)19/h3-4,7,10,16H,2,5-6,8-9,11-14H2,1H3,(H,20,22)/t16-/m0/s1. The van der Waals surface area contributed by atoms with Crippen LogP contribution in [0, 0.1) is 5.82 Å². The van der Waals surface area contributed by atoms with E-state index in [1.165, 1.54) is 6.07 Å². The molecule has 4 nitrogen and oxygen atoms in total. The van der Waals surface area contributed by atoms with Crippen molar-refractivity contribution in [3.63, 3.8) is 0 Å². The minimum Gasteiger partial charge on any atom is -0.376 e. The van der Waals surface area contributed by atoms with Crippen LogP contribution in [0.5, 0.6) is 0 Å². The Bertz CT molecular complexity index is 496. The van der Waals surface area contributed by atoms with Crippen LogP contribution in [0.2, 0.25) is 0 Å². The van der Waals surface area contributed by atoms with Gasteiger partial charge >= 0.3 is 6.03 Å². The number of hydrogen-bond donors (Lipinski definition) is 1. The number of benzene rings is 1. The lowest BCUT2D eigenvalue weighted by molar-refractivity contribution is 0.0101. The zero-order chi connectivity index (χ0) is 16.5. The lowest BCUT2D eigenvalue weighted by Gasteiger charge is -2.32. The normalized spacial score (nSPS) is 18.0. The summed E-state index contributed by atoms with van der Waals surface area (Å²) in [5.74, 6) is -0.175. The second kappa shape index (κ2) is 9.50. The number of nitrogens with one attached hydrogen (secondary N) is 1. The topological polar surface area (TPSA) is 41.6 Å². The van der Waals surface area contributed by atoms with Gasteiger partial charge in [0.25, 0.3) is 0 Å². The van der Waals surface area contributed by atoms with Crippen molar-refractivity contribution in [2.75, 3.05) is 26.2 Å². The zero-order valence-corrected chi connectivity index (χ0v) is 13.9. The van der Waals surface area contributed by atoms with E-state index < -0.39 is 0 Å². The first kappa shape index (κ1) is 17.7. The Kier molecular flexibility index (Phi) is 7.33. The largest absolute Gasteiger partial charge is 0.376 e. The highest BCUT2D eigenvalue weighted by Gasteiger charge is 2.23. The molecule has 1 atom stereocenters. The van der Waals surface area contributed by atoms with E-state index >= 15 is 0 Å². The van der Waals surface area contributed by atoms with Gasteiger partial charge in [0.05, 0.1) is 6.10 Å². The zero-order valence-electron chi connectivity index (χ0n) is 13.9. The highest BCUT2D eigenvalue weighted by molar-refractivity contribution is 5.74. The molecule has 1 aromatic rings. The van der Waals surface area contributed by atoms with Crippen LogP contribution >= 0.6 is 0 Å². The van der Waals surface area contributed by atoms with Gasteiger partial charge in [-0.15, -0.1) is 0 Å². The molecule has 0 aromatic heterocycles. The second-order valence-corrected chi connectivity index (χ2v) is 6.01. The van der Waals surface area contributed by atoms with Crippen LogP contribution in [-0.2, 0) is 11.2 Å². The lowest BCUT2D eigenvalue weighted by Crippen LogP contribution is -2.48. The molecule has 0 spiro atoms. The molecule has 1 aliphatic rings. The number of halogens is 1. The van der Waals surface area contributed by atoms with Gasteiger partial charge in [-0.3, -0.25) is 0 Å². The summed E-state index contributed by atoms with van der Waals surface area (Å²) < 4.78 is 19.2. The van der Waals surface area contributed by atoms with Gasteiger partial charge in [-0.1, -0.05) is 25.1 Å². The first-order chi connectivity index (χ1) is 11.2. The van der Waals surface area contributed by atoms with Crippen LogP contribution in [0.4, 0.5) is 9.18 Å². The maximum Gasteiger partial charge on any atom is 0.317 e. The van der Waals surface area contributed by atoms with Gasteiger partial charge in [-0.05, 0) is 43.7 Å². The van der Waals surface area contributed by atoms with Crippen molar-refractivity contribution in [3.8, 4) is 0 Å². The molecule has 0 saturated carbocycles. The number of urea groups is 1. The Balaban J connectivity index is 1.67. The molecule has 1 N–H and O–H groups in total. The minimum atomic E-state index is -0.175. The predicted octanol–water partition coefficient (Wildman–Crippen LogP) is 3.36. The van der Waals surface area contributed by atoms with E-state index in [9.17, 15) is 9.18 Å². The van der Waals surface area contributed by atoms with Gasteiger partial charge in [-0.25, -0.2) is 9.18 Å². The van der Waals surface area contributed by atoms with Crippen LogP contribution in [0.15, 0.2) is 24.3 Å². The van der Waals surface area contributed by atoms with Crippen molar-refractivity contribution in [2.45, 2.75) is 45.1 Å². The molecule has 23 heavy (non-hydrogen) atoms. The number of likely N-dealkylation sites (tertiary alicyclic amines) is 1. The summed E-state index contributed by atoms with van der Waals surface area (Å²) in [5.41, 5.74) is 0.702. The van der Waals surface area contributed by atoms with Crippen LogP contribution in [0.1, 0.15) is 38.2 Å². The molecule has 128 valence electrons. The lowest BCUT2D eigenvalue weighted by atomic mass is 10.1. The Morgan fingerprint density at radius 3 is 3.04 bits per heavy atom. The van der Waals surface area contributed by atoms with Crippen molar-refractivity contribution in [3.05, 3.63) is 35.6 Å². The highest BCUT2D eigenvalue weighted by Crippen LogP contribution is 2.14. The van der Waals surface area contributed by atoms with Gasteiger partial charge in [0, 0.05) is 26.2 Å². The van der Waals surface area contributed by atoms with Gasteiger partial charge in [-0.2, -0.15) is 0 Å². The number of ether oxygens (including phenoxy) is 1. The first-order valence-electron chi connectivity index (χ1n) is 8.58. The maximum atomic E-state index is 13.5. The van der Waals surface area contributed by atoms with E-state index in [0.29, 0.717) is 25.1 Å². The quantitative estimate of drug-likeness (QED) is 0.782. The van der Waals surface area contributed by atoms with E-state index in [2.05, 4.69) is 12.2 Å². The Hall–Kier alpha value is -1.62. The summed E-state index contributed by atoms with van der Waals surface area (Å²) in [6.45, 7) is 4.85. The SMILES string of the molecule is CCCO[C@H]1CCCN(C(=O)NCCCc2ccccc2F)C1. The number of amides is 2. The molecule has 0 unspecified atom stereocenters. The molecule has 5 heteroatoms. The average molecular weight is 322 g/mol. The summed E-state index contributed by atoms with van der Waals surface area (Å²) in [6, 6.07) is 6.74.